The summed E-state index contributed by atoms with van der Waals surface area (Å²) < 4.78 is 47.7. The Hall–Kier alpha value is -0.860. The van der Waals surface area contributed by atoms with E-state index in [4.69, 9.17) is 0 Å². The fraction of sp³-hybridized carbons (Fsp3) is 0.429. The van der Waals surface area contributed by atoms with Gasteiger partial charge in [0.05, 0.1) is 5.75 Å². The maximum atomic E-state index is 10.9. The Morgan fingerprint density at radius 2 is 1.87 bits per heavy atom. The smallest absolute Gasteiger partial charge is 0.233 e. The first-order valence-corrected chi connectivity index (χ1v) is 7.30. The Balaban J connectivity index is 4.00. The molecule has 0 aromatic carbocycles. The van der Waals surface area contributed by atoms with Crippen LogP contribution in [0.5, 0.6) is 0 Å². The molecule has 0 aromatic heterocycles. The number of sulfonamides is 2. The lowest BCUT2D eigenvalue weighted by Gasteiger charge is -1.99. The minimum Gasteiger partial charge on any atom is -0.291 e. The zero-order valence-electron chi connectivity index (χ0n) is 8.30. The van der Waals surface area contributed by atoms with Crippen LogP contribution in [0, 0.1) is 0 Å². The van der Waals surface area contributed by atoms with E-state index in [9.17, 15) is 16.8 Å². The third-order valence-corrected chi connectivity index (χ3v) is 3.63. The van der Waals surface area contributed by atoms with Gasteiger partial charge in [-0.05, 0) is 6.92 Å². The topological polar surface area (TPSA) is 92.3 Å². The SMILES string of the molecule is C=CS(=O)(=O)NCC=CNS(=O)(=O)CC. The van der Waals surface area contributed by atoms with E-state index in [1.165, 1.54) is 19.2 Å². The van der Waals surface area contributed by atoms with Gasteiger partial charge in [0.2, 0.25) is 20.0 Å². The van der Waals surface area contributed by atoms with Crippen LogP contribution in [0.1, 0.15) is 6.92 Å². The van der Waals surface area contributed by atoms with E-state index in [1.54, 1.807) is 0 Å². The van der Waals surface area contributed by atoms with Crippen LogP contribution >= 0.6 is 0 Å². The van der Waals surface area contributed by atoms with Crippen LogP contribution < -0.4 is 9.44 Å². The summed E-state index contributed by atoms with van der Waals surface area (Å²) in [5.41, 5.74) is 0. The lowest BCUT2D eigenvalue weighted by atomic mass is 10.6. The van der Waals surface area contributed by atoms with Gasteiger partial charge in [-0.2, -0.15) is 0 Å². The Morgan fingerprint density at radius 3 is 2.33 bits per heavy atom. The number of hydrogen-bond donors (Lipinski definition) is 2. The molecule has 0 heterocycles. The van der Waals surface area contributed by atoms with Crippen LogP contribution in [0.15, 0.2) is 24.3 Å². The Bertz CT molecular complexity index is 422. The first-order valence-electron chi connectivity index (χ1n) is 4.10. The summed E-state index contributed by atoms with van der Waals surface area (Å²) in [7, 11) is -6.73. The highest BCUT2D eigenvalue weighted by atomic mass is 32.2. The fourth-order valence-electron chi connectivity index (χ4n) is 0.517. The van der Waals surface area contributed by atoms with Gasteiger partial charge in [0.25, 0.3) is 0 Å². The van der Waals surface area contributed by atoms with Crippen molar-refractivity contribution >= 4 is 20.0 Å². The van der Waals surface area contributed by atoms with Crippen molar-refractivity contribution in [2.24, 2.45) is 0 Å². The first kappa shape index (κ1) is 14.1. The molecule has 0 bridgehead atoms. The normalized spacial score (nSPS) is 12.9. The minimum absolute atomic E-state index is 0.000583. The molecule has 0 atom stereocenters. The number of nitrogens with one attached hydrogen (secondary N) is 2. The van der Waals surface area contributed by atoms with Crippen LogP contribution in [0.3, 0.4) is 0 Å². The molecule has 0 fully saturated rings. The van der Waals surface area contributed by atoms with E-state index in [0.29, 0.717) is 0 Å². The molecule has 0 saturated carbocycles. The molecule has 0 radical (unpaired) electrons. The molecule has 88 valence electrons. The third-order valence-electron chi connectivity index (χ3n) is 1.37. The van der Waals surface area contributed by atoms with Gasteiger partial charge >= 0.3 is 0 Å². The van der Waals surface area contributed by atoms with Gasteiger partial charge in [0.15, 0.2) is 0 Å². The van der Waals surface area contributed by atoms with Crippen molar-refractivity contribution in [2.45, 2.75) is 6.92 Å². The molecule has 0 spiro atoms. The van der Waals surface area contributed by atoms with E-state index in [0.717, 1.165) is 5.41 Å². The second-order valence-corrected chi connectivity index (χ2v) is 6.24. The Morgan fingerprint density at radius 1 is 1.27 bits per heavy atom. The van der Waals surface area contributed by atoms with Crippen LogP contribution in [0.2, 0.25) is 0 Å². The molecule has 0 aromatic rings. The van der Waals surface area contributed by atoms with Crippen LogP contribution in [-0.4, -0.2) is 29.1 Å². The van der Waals surface area contributed by atoms with Crippen molar-refractivity contribution in [3.05, 3.63) is 24.3 Å². The molecular formula is C7H14N2O4S2. The van der Waals surface area contributed by atoms with Crippen molar-refractivity contribution < 1.29 is 16.8 Å². The standard InChI is InChI=1S/C7H14N2O4S2/c1-3-14(10,11)8-6-5-7-9-15(12,13)4-2/h3,5,7-9H,1,4,6H2,2H3. The van der Waals surface area contributed by atoms with Crippen molar-refractivity contribution in [3.8, 4) is 0 Å². The van der Waals surface area contributed by atoms with Gasteiger partial charge in [-0.15, -0.1) is 0 Å². The number of rotatable bonds is 7. The summed E-state index contributed by atoms with van der Waals surface area (Å²) in [6.45, 7) is 4.59. The van der Waals surface area contributed by atoms with E-state index in [2.05, 4.69) is 16.0 Å². The predicted octanol–water partition coefficient (Wildman–Crippen LogP) is -0.498. The minimum atomic E-state index is -3.46. The molecule has 0 unspecified atom stereocenters. The second kappa shape index (κ2) is 5.89. The molecular weight excluding hydrogens is 240 g/mol. The summed E-state index contributed by atoms with van der Waals surface area (Å²) in [5.74, 6) is -0.0320. The molecule has 0 amide bonds. The van der Waals surface area contributed by atoms with Crippen molar-refractivity contribution in [2.75, 3.05) is 12.3 Å². The highest BCUT2D eigenvalue weighted by Crippen LogP contribution is 1.84. The van der Waals surface area contributed by atoms with E-state index in [1.807, 2.05) is 0 Å². The Labute approximate surface area is 90.2 Å². The van der Waals surface area contributed by atoms with Gasteiger partial charge in [0, 0.05) is 18.2 Å². The van der Waals surface area contributed by atoms with Crippen molar-refractivity contribution in [1.82, 2.24) is 9.44 Å². The highest BCUT2D eigenvalue weighted by molar-refractivity contribution is 7.92. The van der Waals surface area contributed by atoms with Crippen LogP contribution in [0.25, 0.3) is 0 Å². The number of hydrogen-bond acceptors (Lipinski definition) is 4. The monoisotopic (exact) mass is 254 g/mol. The zero-order valence-corrected chi connectivity index (χ0v) is 9.94. The molecule has 8 heteroatoms. The molecule has 0 aliphatic carbocycles. The maximum absolute atomic E-state index is 10.9. The third kappa shape index (κ3) is 7.11. The summed E-state index contributed by atoms with van der Waals surface area (Å²) in [4.78, 5) is 0. The Kier molecular flexibility index (Phi) is 5.55. The molecule has 0 aliphatic heterocycles. The molecule has 0 aliphatic rings. The van der Waals surface area contributed by atoms with Gasteiger partial charge in [-0.3, -0.25) is 4.72 Å². The van der Waals surface area contributed by atoms with Gasteiger partial charge < -0.3 is 0 Å². The lowest BCUT2D eigenvalue weighted by Crippen LogP contribution is -2.23. The largest absolute Gasteiger partial charge is 0.291 e. The van der Waals surface area contributed by atoms with Crippen LogP contribution in [0.4, 0.5) is 0 Å². The molecule has 2 N–H and O–H groups in total. The van der Waals surface area contributed by atoms with Gasteiger partial charge in [0.1, 0.15) is 0 Å². The van der Waals surface area contributed by atoms with Crippen molar-refractivity contribution in [3.63, 3.8) is 0 Å². The zero-order chi connectivity index (χ0) is 11.9. The van der Waals surface area contributed by atoms with Crippen molar-refractivity contribution in [1.29, 1.82) is 0 Å². The quantitative estimate of drug-likeness (QED) is 0.641. The summed E-state index contributed by atoms with van der Waals surface area (Å²) in [5, 5.41) is 0.775. The second-order valence-electron chi connectivity index (χ2n) is 2.48. The average Bonchev–Trinajstić information content (AvgIpc) is 2.17. The van der Waals surface area contributed by atoms with Gasteiger partial charge in [-0.25, -0.2) is 21.6 Å². The molecule has 0 rings (SSSR count). The van der Waals surface area contributed by atoms with E-state index < -0.39 is 20.0 Å². The molecule has 6 nitrogen and oxygen atoms in total. The van der Waals surface area contributed by atoms with Gasteiger partial charge in [-0.1, -0.05) is 12.7 Å². The predicted molar refractivity (Wildman–Crippen MR) is 58.9 cm³/mol. The average molecular weight is 254 g/mol. The highest BCUT2D eigenvalue weighted by Gasteiger charge is 2.01. The first-order chi connectivity index (χ1) is 6.83. The van der Waals surface area contributed by atoms with Crippen LogP contribution in [-0.2, 0) is 20.0 Å². The van der Waals surface area contributed by atoms with E-state index in [-0.39, 0.29) is 12.3 Å². The summed E-state index contributed by atoms with van der Waals surface area (Å²) >= 11 is 0. The fourth-order valence-corrected chi connectivity index (χ4v) is 1.43. The molecule has 15 heavy (non-hydrogen) atoms. The summed E-state index contributed by atoms with van der Waals surface area (Å²) in [6.07, 6.45) is 2.51. The lowest BCUT2D eigenvalue weighted by molar-refractivity contribution is 0.591. The molecule has 0 saturated heterocycles. The van der Waals surface area contributed by atoms with E-state index >= 15 is 0 Å². The maximum Gasteiger partial charge on any atom is 0.233 e. The summed E-state index contributed by atoms with van der Waals surface area (Å²) in [6, 6.07) is 0.